The number of fused-ring (bicyclic) bond motifs is 1. The zero-order chi connectivity index (χ0) is 20.2. The van der Waals surface area contributed by atoms with Crippen LogP contribution in [0.15, 0.2) is 71.1 Å². The summed E-state index contributed by atoms with van der Waals surface area (Å²) in [4.78, 5) is 16.9. The molecule has 0 spiro atoms. The number of carbonyl (C=O) groups excluding carboxylic acids is 1. The van der Waals surface area contributed by atoms with Gasteiger partial charge in [-0.2, -0.15) is 0 Å². The lowest BCUT2D eigenvalue weighted by molar-refractivity contribution is 0.0951. The second-order valence-corrected chi connectivity index (χ2v) is 6.62. The van der Waals surface area contributed by atoms with E-state index in [0.29, 0.717) is 35.5 Å². The third kappa shape index (κ3) is 4.43. The minimum Gasteiger partial charge on any atom is -0.497 e. The molecule has 3 aromatic carbocycles. The van der Waals surface area contributed by atoms with Gasteiger partial charge in [0.25, 0.3) is 5.91 Å². The Labute approximate surface area is 167 Å². The smallest absolute Gasteiger partial charge is 0.251 e. The van der Waals surface area contributed by atoms with E-state index in [4.69, 9.17) is 9.15 Å². The standard InChI is InChI=1S/C23H19FN2O3/c1-28-19-9-4-15(5-10-19)12-22-26-20-11-6-17(13-21(20)29-22)23(27)25-14-16-2-7-18(24)8-3-16/h2-11,13H,12,14H2,1H3,(H,25,27). The summed E-state index contributed by atoms with van der Waals surface area (Å²) >= 11 is 0. The average molecular weight is 390 g/mol. The molecule has 0 saturated heterocycles. The average Bonchev–Trinajstić information content (AvgIpc) is 3.15. The molecule has 0 atom stereocenters. The molecule has 1 heterocycles. The van der Waals surface area contributed by atoms with Crippen molar-refractivity contribution in [3.8, 4) is 5.75 Å². The molecule has 0 saturated carbocycles. The van der Waals surface area contributed by atoms with E-state index in [2.05, 4.69) is 10.3 Å². The van der Waals surface area contributed by atoms with Gasteiger partial charge in [0, 0.05) is 18.5 Å². The molecule has 0 aliphatic carbocycles. The van der Waals surface area contributed by atoms with Gasteiger partial charge in [0.05, 0.1) is 7.11 Å². The maximum absolute atomic E-state index is 13.0. The van der Waals surface area contributed by atoms with Crippen LogP contribution in [-0.2, 0) is 13.0 Å². The maximum Gasteiger partial charge on any atom is 0.251 e. The fourth-order valence-corrected chi connectivity index (χ4v) is 2.99. The molecule has 5 nitrogen and oxygen atoms in total. The summed E-state index contributed by atoms with van der Waals surface area (Å²) in [7, 11) is 1.63. The van der Waals surface area contributed by atoms with E-state index in [1.54, 1.807) is 37.4 Å². The van der Waals surface area contributed by atoms with Gasteiger partial charge in [0.2, 0.25) is 0 Å². The molecule has 0 bridgehead atoms. The number of hydrogen-bond acceptors (Lipinski definition) is 4. The van der Waals surface area contributed by atoms with Crippen LogP contribution in [0.5, 0.6) is 5.75 Å². The molecule has 1 amide bonds. The topological polar surface area (TPSA) is 64.4 Å². The highest BCUT2D eigenvalue weighted by atomic mass is 19.1. The van der Waals surface area contributed by atoms with Gasteiger partial charge in [0.15, 0.2) is 11.5 Å². The van der Waals surface area contributed by atoms with Gasteiger partial charge in [-0.25, -0.2) is 9.37 Å². The SMILES string of the molecule is COc1ccc(Cc2nc3ccc(C(=O)NCc4ccc(F)cc4)cc3o2)cc1. The quantitative estimate of drug-likeness (QED) is 0.527. The van der Waals surface area contributed by atoms with E-state index in [1.165, 1.54) is 12.1 Å². The van der Waals surface area contributed by atoms with E-state index in [9.17, 15) is 9.18 Å². The molecule has 1 aromatic heterocycles. The van der Waals surface area contributed by atoms with Crippen molar-refractivity contribution in [2.75, 3.05) is 7.11 Å². The first kappa shape index (κ1) is 18.7. The van der Waals surface area contributed by atoms with Crippen LogP contribution in [0.1, 0.15) is 27.4 Å². The van der Waals surface area contributed by atoms with Crippen LogP contribution >= 0.6 is 0 Å². The zero-order valence-electron chi connectivity index (χ0n) is 15.8. The van der Waals surface area contributed by atoms with Crippen molar-refractivity contribution in [3.63, 3.8) is 0 Å². The molecule has 0 aliphatic heterocycles. The van der Waals surface area contributed by atoms with Crippen LogP contribution in [-0.4, -0.2) is 18.0 Å². The molecule has 146 valence electrons. The normalized spacial score (nSPS) is 10.8. The van der Waals surface area contributed by atoms with Crippen LogP contribution in [0.25, 0.3) is 11.1 Å². The summed E-state index contributed by atoms with van der Waals surface area (Å²) in [6.45, 7) is 0.316. The molecular formula is C23H19FN2O3. The number of halogens is 1. The summed E-state index contributed by atoms with van der Waals surface area (Å²) < 4.78 is 24.0. The Hall–Kier alpha value is -3.67. The van der Waals surface area contributed by atoms with Crippen LogP contribution in [0.4, 0.5) is 4.39 Å². The first-order valence-electron chi connectivity index (χ1n) is 9.16. The Balaban J connectivity index is 1.45. The van der Waals surface area contributed by atoms with Gasteiger partial charge in [0.1, 0.15) is 17.1 Å². The molecule has 0 fully saturated rings. The van der Waals surface area contributed by atoms with Crippen molar-refractivity contribution in [1.29, 1.82) is 0 Å². The molecule has 0 unspecified atom stereocenters. The van der Waals surface area contributed by atoms with Crippen LogP contribution in [0.3, 0.4) is 0 Å². The van der Waals surface area contributed by atoms with Gasteiger partial charge >= 0.3 is 0 Å². The van der Waals surface area contributed by atoms with Crippen molar-refractivity contribution in [2.45, 2.75) is 13.0 Å². The second-order valence-electron chi connectivity index (χ2n) is 6.62. The first-order chi connectivity index (χ1) is 14.1. The number of rotatable bonds is 6. The third-order valence-corrected chi connectivity index (χ3v) is 4.58. The molecule has 1 N–H and O–H groups in total. The summed E-state index contributed by atoms with van der Waals surface area (Å²) in [5.74, 6) is 0.835. The van der Waals surface area contributed by atoms with Crippen LogP contribution in [0.2, 0.25) is 0 Å². The Morgan fingerprint density at radius 2 is 1.76 bits per heavy atom. The Kier molecular flexibility index (Phi) is 5.24. The van der Waals surface area contributed by atoms with Crippen molar-refractivity contribution in [1.82, 2.24) is 10.3 Å². The van der Waals surface area contributed by atoms with E-state index in [0.717, 1.165) is 16.9 Å². The lowest BCUT2D eigenvalue weighted by atomic mass is 10.1. The second kappa shape index (κ2) is 8.14. The van der Waals surface area contributed by atoms with Gasteiger partial charge in [-0.05, 0) is 53.6 Å². The van der Waals surface area contributed by atoms with Gasteiger partial charge in [-0.3, -0.25) is 4.79 Å². The lowest BCUT2D eigenvalue weighted by Gasteiger charge is -2.05. The third-order valence-electron chi connectivity index (χ3n) is 4.58. The van der Waals surface area contributed by atoms with E-state index < -0.39 is 0 Å². The minimum atomic E-state index is -0.304. The van der Waals surface area contributed by atoms with Crippen molar-refractivity contribution >= 4 is 17.0 Å². The minimum absolute atomic E-state index is 0.232. The first-order valence-corrected chi connectivity index (χ1v) is 9.16. The number of nitrogens with one attached hydrogen (secondary N) is 1. The number of nitrogens with zero attached hydrogens (tertiary/aromatic N) is 1. The van der Waals surface area contributed by atoms with Gasteiger partial charge in [-0.15, -0.1) is 0 Å². The molecular weight excluding hydrogens is 371 g/mol. The monoisotopic (exact) mass is 390 g/mol. The molecule has 0 radical (unpaired) electrons. The van der Waals surface area contributed by atoms with Crippen molar-refractivity contribution < 1.29 is 18.3 Å². The highest BCUT2D eigenvalue weighted by Crippen LogP contribution is 2.20. The summed E-state index contributed by atoms with van der Waals surface area (Å²) in [5.41, 5.74) is 3.61. The Morgan fingerprint density at radius 1 is 1.03 bits per heavy atom. The Morgan fingerprint density at radius 3 is 2.48 bits per heavy atom. The molecule has 4 rings (SSSR count). The number of oxazole rings is 1. The Bertz CT molecular complexity index is 1140. The van der Waals surface area contributed by atoms with E-state index in [1.807, 2.05) is 24.3 Å². The van der Waals surface area contributed by atoms with Gasteiger partial charge < -0.3 is 14.5 Å². The zero-order valence-corrected chi connectivity index (χ0v) is 15.8. The number of amides is 1. The molecule has 6 heteroatoms. The van der Waals surface area contributed by atoms with E-state index >= 15 is 0 Å². The molecule has 0 aliphatic rings. The van der Waals surface area contributed by atoms with Crippen LogP contribution in [0, 0.1) is 5.82 Å². The summed E-state index contributed by atoms with van der Waals surface area (Å²) in [5, 5.41) is 2.82. The van der Waals surface area contributed by atoms with Crippen molar-refractivity contribution in [3.05, 3.63) is 95.1 Å². The van der Waals surface area contributed by atoms with Crippen LogP contribution < -0.4 is 10.1 Å². The molecule has 29 heavy (non-hydrogen) atoms. The number of hydrogen-bond donors (Lipinski definition) is 1. The number of ether oxygens (including phenoxy) is 1. The highest BCUT2D eigenvalue weighted by molar-refractivity contribution is 5.97. The predicted octanol–water partition coefficient (Wildman–Crippen LogP) is 4.50. The van der Waals surface area contributed by atoms with E-state index in [-0.39, 0.29) is 11.7 Å². The number of benzene rings is 3. The largest absolute Gasteiger partial charge is 0.497 e. The highest BCUT2D eigenvalue weighted by Gasteiger charge is 2.11. The van der Waals surface area contributed by atoms with Gasteiger partial charge in [-0.1, -0.05) is 24.3 Å². The fraction of sp³-hybridized carbons (Fsp3) is 0.130. The lowest BCUT2D eigenvalue weighted by Crippen LogP contribution is -2.22. The number of methoxy groups -OCH3 is 1. The summed E-state index contributed by atoms with van der Waals surface area (Å²) in [6, 6.07) is 18.9. The fourth-order valence-electron chi connectivity index (χ4n) is 2.99. The predicted molar refractivity (Wildman–Crippen MR) is 107 cm³/mol. The maximum atomic E-state index is 13.0. The summed E-state index contributed by atoms with van der Waals surface area (Å²) in [6.07, 6.45) is 0.546. The van der Waals surface area contributed by atoms with Crippen molar-refractivity contribution in [2.24, 2.45) is 0 Å². The number of carbonyl (C=O) groups is 1. The number of aromatic nitrogens is 1. The molecule has 4 aromatic rings.